The fourth-order valence-electron chi connectivity index (χ4n) is 2.75. The molecule has 1 N–H and O–H groups in total. The highest BCUT2D eigenvalue weighted by Gasteiger charge is 2.33. The van der Waals surface area contributed by atoms with Gasteiger partial charge in [0.15, 0.2) is 5.82 Å². The van der Waals surface area contributed by atoms with Crippen molar-refractivity contribution in [1.82, 2.24) is 29.5 Å². The third-order valence-corrected chi connectivity index (χ3v) is 4.25. The Hall–Kier alpha value is -4.54. The van der Waals surface area contributed by atoms with E-state index in [1.807, 2.05) is 6.07 Å². The van der Waals surface area contributed by atoms with E-state index < -0.39 is 23.7 Å². The molecule has 0 spiro atoms. The van der Waals surface area contributed by atoms with Crippen LogP contribution in [0.2, 0.25) is 0 Å². The minimum Gasteiger partial charge on any atom is -0.324 e. The zero-order valence-corrected chi connectivity index (χ0v) is 16.6. The normalized spacial score (nSPS) is 11.8. The third-order valence-electron chi connectivity index (χ3n) is 4.25. The number of hydrogen-bond acceptors (Lipinski definition) is 7. The van der Waals surface area contributed by atoms with Crippen molar-refractivity contribution in [3.05, 3.63) is 71.9 Å². The van der Waals surface area contributed by atoms with Crippen molar-refractivity contribution in [2.24, 2.45) is 0 Å². The van der Waals surface area contributed by atoms with Crippen LogP contribution in [0.4, 0.5) is 38.0 Å². The molecule has 0 atom stereocenters. The summed E-state index contributed by atoms with van der Waals surface area (Å²) >= 11 is 0. The van der Waals surface area contributed by atoms with Crippen LogP contribution in [0.25, 0.3) is 17.5 Å². The van der Waals surface area contributed by atoms with E-state index in [0.717, 1.165) is 24.4 Å². The van der Waals surface area contributed by atoms with Gasteiger partial charge in [-0.1, -0.05) is 6.07 Å². The Morgan fingerprint density at radius 1 is 0.882 bits per heavy atom. The minimum absolute atomic E-state index is 0.0763. The van der Waals surface area contributed by atoms with Gasteiger partial charge in [-0.15, -0.1) is 0 Å². The second-order valence-corrected chi connectivity index (χ2v) is 6.66. The van der Waals surface area contributed by atoms with Gasteiger partial charge in [-0.25, -0.2) is 4.98 Å². The quantitative estimate of drug-likeness (QED) is 0.423. The lowest BCUT2D eigenvalue weighted by atomic mass is 10.3. The third kappa shape index (κ3) is 4.93. The number of anilines is 2. The zero-order chi connectivity index (χ0) is 24.5. The summed E-state index contributed by atoms with van der Waals surface area (Å²) in [7, 11) is 0. The maximum absolute atomic E-state index is 13.1. The average Bonchev–Trinajstić information content (AvgIpc) is 3.28. The Morgan fingerprint density at radius 3 is 2.32 bits per heavy atom. The van der Waals surface area contributed by atoms with Crippen molar-refractivity contribution in [2.45, 2.75) is 12.4 Å². The molecule has 172 valence electrons. The Bertz CT molecular complexity index is 1390. The highest BCUT2D eigenvalue weighted by atomic mass is 19.4. The van der Waals surface area contributed by atoms with Crippen LogP contribution in [0, 0.1) is 11.3 Å². The fraction of sp³-hybridized carbons (Fsp3) is 0.100. The van der Waals surface area contributed by atoms with Gasteiger partial charge in [0.1, 0.15) is 23.2 Å². The molecule has 0 saturated carbocycles. The van der Waals surface area contributed by atoms with Gasteiger partial charge in [-0.3, -0.25) is 9.55 Å². The Labute approximate surface area is 186 Å². The van der Waals surface area contributed by atoms with Crippen LogP contribution in [0.3, 0.4) is 0 Å². The van der Waals surface area contributed by atoms with E-state index >= 15 is 0 Å². The van der Waals surface area contributed by atoms with Crippen LogP contribution < -0.4 is 5.32 Å². The predicted octanol–water partition coefficient (Wildman–Crippen LogP) is 4.77. The first-order chi connectivity index (χ1) is 16.0. The zero-order valence-electron chi connectivity index (χ0n) is 16.6. The monoisotopic (exact) mass is 476 g/mol. The van der Waals surface area contributed by atoms with Crippen molar-refractivity contribution in [1.29, 1.82) is 5.26 Å². The highest BCUT2D eigenvalue weighted by molar-refractivity contribution is 5.58. The van der Waals surface area contributed by atoms with Crippen molar-refractivity contribution in [2.75, 3.05) is 5.32 Å². The molecule has 34 heavy (non-hydrogen) atoms. The number of halogens is 6. The van der Waals surface area contributed by atoms with E-state index in [1.54, 1.807) is 0 Å². The van der Waals surface area contributed by atoms with Gasteiger partial charge in [0.05, 0.1) is 5.56 Å². The van der Waals surface area contributed by atoms with E-state index in [9.17, 15) is 26.3 Å². The highest BCUT2D eigenvalue weighted by Crippen LogP contribution is 2.31. The molecular weight excluding hydrogens is 466 g/mol. The molecule has 4 aromatic rings. The minimum atomic E-state index is -4.72. The second-order valence-electron chi connectivity index (χ2n) is 6.66. The standard InChI is InChI=1S/C20H10F6N8/c21-19(22,23)14-3-1-2-13(30-14)16-31-17(29-12-4-6-28-15(8-12)20(24,25)26)33-18(32-16)34-7-5-11(9-27)10-34/h1-8,10H,(H,28,29,31,32,33). The number of nitrogens with zero attached hydrogens (tertiary/aromatic N) is 7. The van der Waals surface area contributed by atoms with Gasteiger partial charge in [-0.2, -0.15) is 46.6 Å². The van der Waals surface area contributed by atoms with Crippen LogP contribution in [0.5, 0.6) is 0 Å². The molecule has 0 saturated heterocycles. The summed E-state index contributed by atoms with van der Waals surface area (Å²) in [5.74, 6) is -0.667. The smallest absolute Gasteiger partial charge is 0.324 e. The van der Waals surface area contributed by atoms with Crippen molar-refractivity contribution in [3.8, 4) is 23.5 Å². The Kier molecular flexibility index (Phi) is 5.61. The van der Waals surface area contributed by atoms with Crippen LogP contribution in [0.1, 0.15) is 17.0 Å². The summed E-state index contributed by atoms with van der Waals surface area (Å²) in [6.07, 6.45) is -5.71. The van der Waals surface area contributed by atoms with Crippen molar-refractivity contribution >= 4 is 11.6 Å². The molecule has 0 aromatic carbocycles. The van der Waals surface area contributed by atoms with Crippen molar-refractivity contribution in [3.63, 3.8) is 0 Å². The van der Waals surface area contributed by atoms with E-state index in [-0.39, 0.29) is 34.7 Å². The molecule has 0 fully saturated rings. The predicted molar refractivity (Wildman–Crippen MR) is 105 cm³/mol. The van der Waals surface area contributed by atoms with Gasteiger partial charge in [0, 0.05) is 24.3 Å². The molecule has 0 bridgehead atoms. The summed E-state index contributed by atoms with van der Waals surface area (Å²) in [6, 6.07) is 8.41. The number of hydrogen-bond donors (Lipinski definition) is 1. The van der Waals surface area contributed by atoms with Crippen LogP contribution in [-0.2, 0) is 12.4 Å². The molecule has 0 aliphatic rings. The lowest BCUT2D eigenvalue weighted by molar-refractivity contribution is -0.141. The Morgan fingerprint density at radius 2 is 1.65 bits per heavy atom. The number of aromatic nitrogens is 6. The molecule has 14 heteroatoms. The summed E-state index contributed by atoms with van der Waals surface area (Å²) < 4.78 is 79.6. The van der Waals surface area contributed by atoms with Gasteiger partial charge >= 0.3 is 12.4 Å². The largest absolute Gasteiger partial charge is 0.433 e. The molecule has 4 rings (SSSR count). The molecule has 4 heterocycles. The van der Waals surface area contributed by atoms with Crippen LogP contribution >= 0.6 is 0 Å². The lowest BCUT2D eigenvalue weighted by Crippen LogP contribution is -2.11. The number of nitriles is 1. The molecule has 0 aliphatic carbocycles. The number of rotatable bonds is 4. The topological polar surface area (TPSA) is 105 Å². The Balaban J connectivity index is 1.81. The van der Waals surface area contributed by atoms with Gasteiger partial charge in [0.25, 0.3) is 0 Å². The summed E-state index contributed by atoms with van der Waals surface area (Å²) in [4.78, 5) is 19.0. The van der Waals surface area contributed by atoms with E-state index in [1.165, 1.54) is 35.2 Å². The number of alkyl halides is 6. The fourth-order valence-corrected chi connectivity index (χ4v) is 2.75. The summed E-state index contributed by atoms with van der Waals surface area (Å²) in [5.41, 5.74) is -2.43. The second kappa shape index (κ2) is 8.43. The first kappa shape index (κ1) is 22.6. The molecule has 4 aromatic heterocycles. The van der Waals surface area contributed by atoms with Gasteiger partial charge in [0.2, 0.25) is 11.9 Å². The summed E-state index contributed by atoms with van der Waals surface area (Å²) in [6.45, 7) is 0. The first-order valence-corrected chi connectivity index (χ1v) is 9.22. The maximum atomic E-state index is 13.1. The van der Waals surface area contributed by atoms with Gasteiger partial charge < -0.3 is 5.32 Å². The number of nitrogens with one attached hydrogen (secondary N) is 1. The maximum Gasteiger partial charge on any atom is 0.433 e. The molecular formula is C20H10F6N8. The SMILES string of the molecule is N#Cc1ccn(-c2nc(Nc3ccnc(C(F)(F)F)c3)nc(-c3cccc(C(F)(F)F)n3)n2)c1. The lowest BCUT2D eigenvalue weighted by Gasteiger charge is -2.12. The van der Waals surface area contributed by atoms with Crippen LogP contribution in [-0.4, -0.2) is 29.5 Å². The van der Waals surface area contributed by atoms with Gasteiger partial charge in [-0.05, 0) is 30.3 Å². The van der Waals surface area contributed by atoms with E-state index in [0.29, 0.717) is 0 Å². The molecule has 0 amide bonds. The molecule has 0 aliphatic heterocycles. The number of pyridine rings is 2. The summed E-state index contributed by atoms with van der Waals surface area (Å²) in [5, 5.41) is 11.6. The van der Waals surface area contributed by atoms with E-state index in [2.05, 4.69) is 30.2 Å². The van der Waals surface area contributed by atoms with Crippen LogP contribution in [0.15, 0.2) is 55.0 Å². The molecule has 8 nitrogen and oxygen atoms in total. The van der Waals surface area contributed by atoms with Crippen molar-refractivity contribution < 1.29 is 26.3 Å². The molecule has 0 radical (unpaired) electrons. The average molecular weight is 476 g/mol. The van der Waals surface area contributed by atoms with E-state index in [4.69, 9.17) is 5.26 Å². The first-order valence-electron chi connectivity index (χ1n) is 9.22. The molecule has 0 unspecified atom stereocenters.